The third-order valence-electron chi connectivity index (χ3n) is 2.74. The molecular formula is C15H11FN4O2S. The molecule has 0 saturated heterocycles. The number of thioether (sulfide) groups is 1. The fraction of sp³-hybridized carbons (Fsp3) is 0.0667. The van der Waals surface area contributed by atoms with Gasteiger partial charge in [-0.3, -0.25) is 4.79 Å². The highest BCUT2D eigenvalue weighted by Crippen LogP contribution is 2.23. The highest BCUT2D eigenvalue weighted by Gasteiger charge is 2.12. The van der Waals surface area contributed by atoms with E-state index in [1.165, 1.54) is 12.1 Å². The van der Waals surface area contributed by atoms with E-state index in [4.69, 9.17) is 4.42 Å². The van der Waals surface area contributed by atoms with Gasteiger partial charge < -0.3 is 9.73 Å². The van der Waals surface area contributed by atoms with Crippen molar-refractivity contribution in [1.82, 2.24) is 15.2 Å². The molecule has 0 aliphatic heterocycles. The standard InChI is InChI=1S/C15H11FN4O2S/c16-11-5-3-4-10(8-11)14-19-20-15(22-14)23-9-13(21)18-12-6-1-2-7-17-12/h1-8H,9H2,(H,17,18,21). The molecule has 0 aliphatic carbocycles. The van der Waals surface area contributed by atoms with Crippen molar-refractivity contribution in [1.29, 1.82) is 0 Å². The number of nitrogens with zero attached hydrogens (tertiary/aromatic N) is 3. The summed E-state index contributed by atoms with van der Waals surface area (Å²) < 4.78 is 18.6. The lowest BCUT2D eigenvalue weighted by Crippen LogP contribution is -2.14. The molecule has 8 heteroatoms. The zero-order chi connectivity index (χ0) is 16.1. The molecule has 0 atom stereocenters. The molecule has 1 amide bonds. The quantitative estimate of drug-likeness (QED) is 0.724. The number of carbonyl (C=O) groups excluding carboxylic acids is 1. The maximum atomic E-state index is 13.2. The minimum Gasteiger partial charge on any atom is -0.411 e. The molecular weight excluding hydrogens is 319 g/mol. The van der Waals surface area contributed by atoms with Crippen LogP contribution in [0.15, 0.2) is 58.3 Å². The molecule has 2 heterocycles. The molecule has 2 aromatic heterocycles. The number of benzene rings is 1. The van der Waals surface area contributed by atoms with Crippen LogP contribution in [0.2, 0.25) is 0 Å². The molecule has 23 heavy (non-hydrogen) atoms. The number of hydrogen-bond donors (Lipinski definition) is 1. The van der Waals surface area contributed by atoms with Gasteiger partial charge in [-0.05, 0) is 30.3 Å². The maximum absolute atomic E-state index is 13.2. The summed E-state index contributed by atoms with van der Waals surface area (Å²) in [5, 5.41) is 10.6. The molecule has 3 aromatic rings. The molecule has 1 N–H and O–H groups in total. The van der Waals surface area contributed by atoms with E-state index in [-0.39, 0.29) is 28.6 Å². The largest absolute Gasteiger partial charge is 0.411 e. The molecule has 0 spiro atoms. The van der Waals surface area contributed by atoms with Crippen LogP contribution in [0, 0.1) is 5.82 Å². The summed E-state index contributed by atoms with van der Waals surface area (Å²) in [6, 6.07) is 11.1. The monoisotopic (exact) mass is 330 g/mol. The number of anilines is 1. The second-order valence-electron chi connectivity index (χ2n) is 4.44. The number of nitrogens with one attached hydrogen (secondary N) is 1. The van der Waals surface area contributed by atoms with Crippen LogP contribution < -0.4 is 5.32 Å². The highest BCUT2D eigenvalue weighted by atomic mass is 32.2. The average molecular weight is 330 g/mol. The summed E-state index contributed by atoms with van der Waals surface area (Å²) in [7, 11) is 0. The van der Waals surface area contributed by atoms with Gasteiger partial charge in [0.15, 0.2) is 0 Å². The molecule has 0 aliphatic rings. The van der Waals surface area contributed by atoms with Crippen molar-refractivity contribution in [3.05, 3.63) is 54.5 Å². The van der Waals surface area contributed by atoms with Crippen molar-refractivity contribution in [2.24, 2.45) is 0 Å². The minimum absolute atomic E-state index is 0.0986. The van der Waals surface area contributed by atoms with Gasteiger partial charge in [0.1, 0.15) is 11.6 Å². The van der Waals surface area contributed by atoms with E-state index in [1.807, 2.05) is 0 Å². The molecule has 0 fully saturated rings. The third kappa shape index (κ3) is 4.13. The Hall–Kier alpha value is -2.74. The molecule has 0 saturated carbocycles. The molecule has 1 aromatic carbocycles. The molecule has 0 bridgehead atoms. The normalized spacial score (nSPS) is 10.5. The van der Waals surface area contributed by atoms with Crippen LogP contribution in [-0.4, -0.2) is 26.8 Å². The van der Waals surface area contributed by atoms with Crippen molar-refractivity contribution in [3.8, 4) is 11.5 Å². The van der Waals surface area contributed by atoms with Crippen molar-refractivity contribution in [2.75, 3.05) is 11.1 Å². The molecule has 0 radical (unpaired) electrons. The summed E-state index contributed by atoms with van der Waals surface area (Å²) in [5.74, 6) is 0.159. The van der Waals surface area contributed by atoms with Crippen LogP contribution in [0.3, 0.4) is 0 Å². The van der Waals surface area contributed by atoms with E-state index in [0.717, 1.165) is 11.8 Å². The number of carbonyl (C=O) groups is 1. The molecule has 116 valence electrons. The van der Waals surface area contributed by atoms with Crippen molar-refractivity contribution >= 4 is 23.5 Å². The summed E-state index contributed by atoms with van der Waals surface area (Å²) in [5.41, 5.74) is 0.488. The Morgan fingerprint density at radius 2 is 2.13 bits per heavy atom. The maximum Gasteiger partial charge on any atom is 0.277 e. The second kappa shape index (κ2) is 7.01. The fourth-order valence-corrected chi connectivity index (χ4v) is 2.31. The van der Waals surface area contributed by atoms with E-state index in [1.54, 1.807) is 36.5 Å². The first-order valence-electron chi connectivity index (χ1n) is 6.64. The van der Waals surface area contributed by atoms with Crippen molar-refractivity contribution in [2.45, 2.75) is 5.22 Å². The van der Waals surface area contributed by atoms with Gasteiger partial charge >= 0.3 is 0 Å². The summed E-state index contributed by atoms with van der Waals surface area (Å²) in [6.07, 6.45) is 1.59. The number of halogens is 1. The topological polar surface area (TPSA) is 80.9 Å². The van der Waals surface area contributed by atoms with E-state index in [0.29, 0.717) is 11.4 Å². The van der Waals surface area contributed by atoms with Gasteiger partial charge in [0.2, 0.25) is 11.8 Å². The first kappa shape index (κ1) is 15.2. The van der Waals surface area contributed by atoms with Gasteiger partial charge in [-0.1, -0.05) is 23.9 Å². The Bertz CT molecular complexity index is 810. The average Bonchev–Trinajstić information content (AvgIpc) is 3.03. The molecule has 3 rings (SSSR count). The number of rotatable bonds is 5. The van der Waals surface area contributed by atoms with Gasteiger partial charge in [-0.25, -0.2) is 9.37 Å². The van der Waals surface area contributed by atoms with Gasteiger partial charge in [-0.15, -0.1) is 10.2 Å². The fourth-order valence-electron chi connectivity index (χ4n) is 1.75. The lowest BCUT2D eigenvalue weighted by Gasteiger charge is -2.01. The zero-order valence-corrected chi connectivity index (χ0v) is 12.6. The lowest BCUT2D eigenvalue weighted by atomic mass is 10.2. The van der Waals surface area contributed by atoms with Crippen LogP contribution in [-0.2, 0) is 4.79 Å². The summed E-state index contributed by atoms with van der Waals surface area (Å²) in [4.78, 5) is 15.8. The van der Waals surface area contributed by atoms with Crippen LogP contribution in [0.25, 0.3) is 11.5 Å². The van der Waals surface area contributed by atoms with E-state index >= 15 is 0 Å². The number of pyridine rings is 1. The highest BCUT2D eigenvalue weighted by molar-refractivity contribution is 7.99. The summed E-state index contributed by atoms with van der Waals surface area (Å²) in [6.45, 7) is 0. The predicted molar refractivity (Wildman–Crippen MR) is 83.3 cm³/mol. The van der Waals surface area contributed by atoms with E-state index in [2.05, 4.69) is 20.5 Å². The van der Waals surface area contributed by atoms with Crippen molar-refractivity contribution in [3.63, 3.8) is 0 Å². The Morgan fingerprint density at radius 3 is 2.91 bits per heavy atom. The Kier molecular flexibility index (Phi) is 4.62. The number of hydrogen-bond acceptors (Lipinski definition) is 6. The van der Waals surface area contributed by atoms with Gasteiger partial charge in [-0.2, -0.15) is 0 Å². The Labute approximate surface area is 135 Å². The predicted octanol–water partition coefficient (Wildman–Crippen LogP) is 3.00. The van der Waals surface area contributed by atoms with Gasteiger partial charge in [0.05, 0.1) is 5.75 Å². The van der Waals surface area contributed by atoms with Gasteiger partial charge in [0, 0.05) is 11.8 Å². The van der Waals surface area contributed by atoms with Gasteiger partial charge in [0.25, 0.3) is 5.22 Å². The molecule has 0 unspecified atom stereocenters. The Morgan fingerprint density at radius 1 is 1.22 bits per heavy atom. The first-order valence-corrected chi connectivity index (χ1v) is 7.62. The van der Waals surface area contributed by atoms with Crippen molar-refractivity contribution < 1.29 is 13.6 Å². The van der Waals surface area contributed by atoms with E-state index in [9.17, 15) is 9.18 Å². The number of aromatic nitrogens is 3. The zero-order valence-electron chi connectivity index (χ0n) is 11.8. The molecule has 6 nitrogen and oxygen atoms in total. The van der Waals surface area contributed by atoms with E-state index < -0.39 is 0 Å². The number of amides is 1. The SMILES string of the molecule is O=C(CSc1nnc(-c2cccc(F)c2)o1)Nc1ccccn1. The van der Waals surface area contributed by atoms with Crippen LogP contribution in [0.5, 0.6) is 0 Å². The first-order chi connectivity index (χ1) is 11.2. The minimum atomic E-state index is -0.385. The van der Waals surface area contributed by atoms with Crippen LogP contribution in [0.1, 0.15) is 0 Å². The summed E-state index contributed by atoms with van der Waals surface area (Å²) >= 11 is 1.09. The smallest absolute Gasteiger partial charge is 0.277 e. The third-order valence-corrected chi connectivity index (χ3v) is 3.56. The second-order valence-corrected chi connectivity index (χ2v) is 5.36. The Balaban J connectivity index is 1.58. The van der Waals surface area contributed by atoms with Crippen LogP contribution >= 0.6 is 11.8 Å². The lowest BCUT2D eigenvalue weighted by molar-refractivity contribution is -0.113. The van der Waals surface area contributed by atoms with Crippen LogP contribution in [0.4, 0.5) is 10.2 Å².